The van der Waals surface area contributed by atoms with Crippen LogP contribution in [0.25, 0.3) is 0 Å². The number of hydrogen-bond donors (Lipinski definition) is 5. The number of carboxylic acids is 2. The first-order chi connectivity index (χ1) is 17.6. The van der Waals surface area contributed by atoms with Crippen LogP contribution in [0.15, 0.2) is 40.7 Å². The van der Waals surface area contributed by atoms with E-state index in [1.165, 1.54) is 40.7 Å². The number of aliphatic carboxylic acids is 2. The van der Waals surface area contributed by atoms with E-state index in [-0.39, 0.29) is 40.2 Å². The number of nitrogens with zero attached hydrogens (tertiary/aromatic N) is 5. The largest absolute Gasteiger partial charge is 0.508 e. The predicted molar refractivity (Wildman–Crippen MR) is 126 cm³/mol. The van der Waals surface area contributed by atoms with Crippen molar-refractivity contribution in [1.29, 1.82) is 0 Å². The Morgan fingerprint density at radius 3 is 2.54 bits per heavy atom. The van der Waals surface area contributed by atoms with Crippen molar-refractivity contribution in [3.63, 3.8) is 0 Å². The summed E-state index contributed by atoms with van der Waals surface area (Å²) in [4.78, 5) is 61.7. The lowest BCUT2D eigenvalue weighted by molar-refractivity contribution is -0.152. The molecule has 0 bridgehead atoms. The average Bonchev–Trinajstić information content (AvgIpc) is 3.27. The zero-order chi connectivity index (χ0) is 26.9. The van der Waals surface area contributed by atoms with Gasteiger partial charge in [-0.1, -0.05) is 23.9 Å². The lowest BCUT2D eigenvalue weighted by Crippen LogP contribution is -2.71. The smallest absolute Gasteiger partial charge is 0.352 e. The summed E-state index contributed by atoms with van der Waals surface area (Å²) in [5, 5.41) is 41.6. The van der Waals surface area contributed by atoms with Crippen LogP contribution >= 0.6 is 23.5 Å². The molecule has 1 saturated heterocycles. The number of nitrogens with two attached hydrogens (primary N) is 1. The zero-order valence-corrected chi connectivity index (χ0v) is 20.3. The molecular weight excluding hydrogens is 530 g/mol. The quantitative estimate of drug-likeness (QED) is 0.130. The van der Waals surface area contributed by atoms with Crippen molar-refractivity contribution < 1.29 is 39.3 Å². The van der Waals surface area contributed by atoms with Gasteiger partial charge in [-0.25, -0.2) is 9.48 Å². The summed E-state index contributed by atoms with van der Waals surface area (Å²) < 4.78 is 1.17. The summed E-state index contributed by atoms with van der Waals surface area (Å²) in [6.07, 6.45) is 0. The summed E-state index contributed by atoms with van der Waals surface area (Å²) in [5.41, 5.74) is 5.42. The molecule has 2 aliphatic heterocycles. The Hall–Kier alpha value is -4.12. The Balaban J connectivity index is 1.48. The number of tetrazole rings is 1. The van der Waals surface area contributed by atoms with Gasteiger partial charge in [-0.3, -0.25) is 24.1 Å². The van der Waals surface area contributed by atoms with Crippen molar-refractivity contribution in [3.05, 3.63) is 41.1 Å². The van der Waals surface area contributed by atoms with Crippen LogP contribution in [0.3, 0.4) is 0 Å². The number of phenols is 1. The molecule has 3 atom stereocenters. The number of amides is 3. The van der Waals surface area contributed by atoms with E-state index in [0.29, 0.717) is 5.57 Å². The van der Waals surface area contributed by atoms with Gasteiger partial charge >= 0.3 is 11.9 Å². The monoisotopic (exact) mass is 549 g/mol. The first-order valence-electron chi connectivity index (χ1n) is 10.5. The fourth-order valence-electron chi connectivity index (χ4n) is 3.80. The maximum absolute atomic E-state index is 12.9. The third kappa shape index (κ3) is 5.21. The molecule has 15 nitrogen and oxygen atoms in total. The van der Waals surface area contributed by atoms with Gasteiger partial charge < -0.3 is 26.4 Å². The maximum Gasteiger partial charge on any atom is 0.352 e. The van der Waals surface area contributed by atoms with Gasteiger partial charge in [0, 0.05) is 11.5 Å². The minimum Gasteiger partial charge on any atom is -0.508 e. The molecule has 2 aliphatic rings. The topological polar surface area (TPSA) is 231 Å². The first kappa shape index (κ1) is 26.0. The SMILES string of the molecule is NC(=O)Cn1nnnc1SCC1=C(C(=O)O)N2C(=O)C(NC(=O)C(C(=O)O)c3ccc(O)cc3)[C@@H]2SC1. The van der Waals surface area contributed by atoms with Crippen molar-refractivity contribution in [3.8, 4) is 5.75 Å². The molecular formula is C20H19N7O8S2. The maximum atomic E-state index is 12.9. The molecule has 6 N–H and O–H groups in total. The van der Waals surface area contributed by atoms with Gasteiger partial charge in [-0.2, -0.15) is 0 Å². The zero-order valence-electron chi connectivity index (χ0n) is 18.7. The van der Waals surface area contributed by atoms with E-state index in [1.807, 2.05) is 0 Å². The van der Waals surface area contributed by atoms with Gasteiger partial charge in [-0.05, 0) is 33.7 Å². The highest BCUT2D eigenvalue weighted by Crippen LogP contribution is 2.41. The fraction of sp³-hybridized carbons (Fsp3) is 0.300. The molecule has 37 heavy (non-hydrogen) atoms. The van der Waals surface area contributed by atoms with Crippen LogP contribution in [0.1, 0.15) is 11.5 Å². The minimum atomic E-state index is -1.64. The van der Waals surface area contributed by atoms with E-state index in [9.17, 15) is 39.3 Å². The number of primary amides is 1. The van der Waals surface area contributed by atoms with Crippen molar-refractivity contribution in [2.24, 2.45) is 5.73 Å². The van der Waals surface area contributed by atoms with Gasteiger partial charge in [0.05, 0.1) is 0 Å². The number of aromatic nitrogens is 4. The van der Waals surface area contributed by atoms with Crippen LogP contribution in [0.5, 0.6) is 5.75 Å². The van der Waals surface area contributed by atoms with Crippen LogP contribution < -0.4 is 11.1 Å². The number of carboxylic acid groups (broad SMARTS) is 2. The third-order valence-electron chi connectivity index (χ3n) is 5.46. The van der Waals surface area contributed by atoms with E-state index in [4.69, 9.17) is 5.73 Å². The predicted octanol–water partition coefficient (Wildman–Crippen LogP) is -1.44. The number of fused-ring (bicyclic) bond motifs is 1. The standard InChI is InChI=1S/C20H19N7O8S2/c21-11(29)5-26-20(23-24-25-26)37-7-9-6-36-17-13(16(31)27(17)14(9)19(34)35)22-15(30)12(18(32)33)8-1-3-10(28)4-2-8/h1-4,12-13,17,28H,5-7H2,(H2,21,29)(H,22,30)(H,32,33)(H,34,35)/t12?,13?,17-/m0/s1. The number of β-lactam (4-membered cyclic amide) rings is 1. The molecule has 2 unspecified atom stereocenters. The van der Waals surface area contributed by atoms with Crippen molar-refractivity contribution in [2.45, 2.75) is 29.0 Å². The van der Waals surface area contributed by atoms with E-state index >= 15 is 0 Å². The lowest BCUT2D eigenvalue weighted by atomic mass is 9.96. The molecule has 0 aliphatic carbocycles. The number of hydrogen-bond acceptors (Lipinski definition) is 11. The molecule has 0 saturated carbocycles. The highest BCUT2D eigenvalue weighted by atomic mass is 32.2. The van der Waals surface area contributed by atoms with Crippen molar-refractivity contribution >= 4 is 53.2 Å². The van der Waals surface area contributed by atoms with Gasteiger partial charge in [0.25, 0.3) is 5.91 Å². The number of carbonyl (C=O) groups is 5. The number of carbonyl (C=O) groups excluding carboxylic acids is 3. The second kappa shape index (κ2) is 10.5. The van der Waals surface area contributed by atoms with Gasteiger partial charge in [0.2, 0.25) is 17.0 Å². The highest BCUT2D eigenvalue weighted by Gasteiger charge is 2.54. The van der Waals surface area contributed by atoms with Crippen LogP contribution in [-0.4, -0.2) is 93.0 Å². The molecule has 17 heteroatoms. The molecule has 0 radical (unpaired) electrons. The third-order valence-corrected chi connectivity index (χ3v) is 7.85. The number of thioether (sulfide) groups is 2. The second-order valence-corrected chi connectivity index (χ2v) is 9.94. The normalized spacial score (nSPS) is 19.6. The summed E-state index contributed by atoms with van der Waals surface area (Å²) in [7, 11) is 0. The van der Waals surface area contributed by atoms with Crippen molar-refractivity contribution in [2.75, 3.05) is 11.5 Å². The molecule has 0 spiro atoms. The Bertz CT molecular complexity index is 1310. The Morgan fingerprint density at radius 1 is 1.22 bits per heavy atom. The van der Waals surface area contributed by atoms with Gasteiger partial charge in [-0.15, -0.1) is 16.9 Å². The molecule has 3 amide bonds. The van der Waals surface area contributed by atoms with E-state index in [0.717, 1.165) is 16.7 Å². The van der Waals surface area contributed by atoms with Crippen LogP contribution in [0.2, 0.25) is 0 Å². The first-order valence-corrected chi connectivity index (χ1v) is 12.5. The van der Waals surface area contributed by atoms with E-state index in [2.05, 4.69) is 20.8 Å². The molecule has 1 aromatic carbocycles. The van der Waals surface area contributed by atoms with Crippen LogP contribution in [-0.2, 0) is 30.5 Å². The molecule has 2 aromatic rings. The number of benzene rings is 1. The minimum absolute atomic E-state index is 0.100. The molecule has 3 heterocycles. The highest BCUT2D eigenvalue weighted by molar-refractivity contribution is 8.01. The number of aromatic hydroxyl groups is 1. The molecule has 4 rings (SSSR count). The number of rotatable bonds is 10. The molecule has 194 valence electrons. The summed E-state index contributed by atoms with van der Waals surface area (Å²) >= 11 is 2.27. The molecule has 1 aromatic heterocycles. The van der Waals surface area contributed by atoms with Crippen LogP contribution in [0.4, 0.5) is 0 Å². The van der Waals surface area contributed by atoms with Gasteiger partial charge in [0.15, 0.2) is 5.92 Å². The summed E-state index contributed by atoms with van der Waals surface area (Å²) in [6.45, 7) is -0.259. The number of phenolic OH excluding ortho intramolecular Hbond substituents is 1. The Morgan fingerprint density at radius 2 is 1.92 bits per heavy atom. The second-order valence-electron chi connectivity index (χ2n) is 7.89. The lowest BCUT2D eigenvalue weighted by Gasteiger charge is -2.49. The number of nitrogens with one attached hydrogen (secondary N) is 1. The van der Waals surface area contributed by atoms with Gasteiger partial charge in [0.1, 0.15) is 29.4 Å². The van der Waals surface area contributed by atoms with E-state index < -0.39 is 47.0 Å². The Kier molecular flexibility index (Phi) is 7.35. The molecule has 1 fully saturated rings. The average molecular weight is 550 g/mol. The summed E-state index contributed by atoms with van der Waals surface area (Å²) in [5.74, 6) is -6.54. The fourth-order valence-corrected chi connectivity index (χ4v) is 6.16. The van der Waals surface area contributed by atoms with Crippen molar-refractivity contribution in [1.82, 2.24) is 30.4 Å². The Labute approximate surface area is 216 Å². The van der Waals surface area contributed by atoms with E-state index in [1.54, 1.807) is 0 Å². The summed E-state index contributed by atoms with van der Waals surface area (Å²) in [6, 6.07) is 3.92. The van der Waals surface area contributed by atoms with Crippen LogP contribution in [0, 0.1) is 0 Å².